The number of hydrogen-bond acceptors (Lipinski definition) is 3. The van der Waals surface area contributed by atoms with Gasteiger partial charge in [0.1, 0.15) is 17.3 Å². The van der Waals surface area contributed by atoms with Crippen molar-refractivity contribution in [2.75, 3.05) is 6.61 Å². The molecule has 0 spiro atoms. The van der Waals surface area contributed by atoms with E-state index in [0.717, 1.165) is 23.8 Å². The summed E-state index contributed by atoms with van der Waals surface area (Å²) in [6.07, 6.45) is 0.864. The van der Waals surface area contributed by atoms with Crippen molar-refractivity contribution in [3.63, 3.8) is 0 Å². The van der Waals surface area contributed by atoms with Gasteiger partial charge in [-0.05, 0) is 19.1 Å². The minimum atomic E-state index is -0.431. The molecule has 0 aliphatic carbocycles. The summed E-state index contributed by atoms with van der Waals surface area (Å²) in [4.78, 5) is 0. The van der Waals surface area contributed by atoms with Crippen LogP contribution in [0.15, 0.2) is 42.5 Å². The third kappa shape index (κ3) is 2.85. The highest BCUT2D eigenvalue weighted by Crippen LogP contribution is 2.34. The molecule has 3 nitrogen and oxygen atoms in total. The molecule has 110 valence electrons. The molecule has 2 unspecified atom stereocenters. The molecule has 1 aliphatic rings. The molecule has 2 atom stereocenters. The van der Waals surface area contributed by atoms with Gasteiger partial charge in [-0.2, -0.15) is 0 Å². The smallest absolute Gasteiger partial charge is 0.126 e. The number of fused-ring (bicyclic) bond motifs is 1. The molecule has 1 heterocycles. The van der Waals surface area contributed by atoms with E-state index in [1.165, 1.54) is 6.07 Å². The molecule has 1 aliphatic heterocycles. The minimum absolute atomic E-state index is 0.0182. The van der Waals surface area contributed by atoms with Crippen LogP contribution >= 0.6 is 0 Å². The fourth-order valence-corrected chi connectivity index (χ4v) is 2.79. The summed E-state index contributed by atoms with van der Waals surface area (Å²) < 4.78 is 18.7. The number of hydrogen-bond donors (Lipinski definition) is 2. The Morgan fingerprint density at radius 2 is 2.10 bits per heavy atom. The molecule has 0 saturated carbocycles. The van der Waals surface area contributed by atoms with Crippen LogP contribution in [0.5, 0.6) is 11.5 Å². The quantitative estimate of drug-likeness (QED) is 0.904. The van der Waals surface area contributed by atoms with Crippen LogP contribution in [0.4, 0.5) is 4.39 Å². The van der Waals surface area contributed by atoms with Crippen molar-refractivity contribution in [2.45, 2.75) is 25.4 Å². The first-order valence-corrected chi connectivity index (χ1v) is 7.11. The molecule has 0 bridgehead atoms. The van der Waals surface area contributed by atoms with E-state index < -0.39 is 5.82 Å². The Morgan fingerprint density at radius 1 is 1.29 bits per heavy atom. The van der Waals surface area contributed by atoms with Crippen LogP contribution in [-0.4, -0.2) is 11.7 Å². The summed E-state index contributed by atoms with van der Waals surface area (Å²) in [5, 5.41) is 13.4. The van der Waals surface area contributed by atoms with Gasteiger partial charge >= 0.3 is 0 Å². The lowest BCUT2D eigenvalue weighted by atomic mass is 9.98. The summed E-state index contributed by atoms with van der Waals surface area (Å²) in [5.41, 5.74) is 1.82. The molecule has 0 saturated heterocycles. The Bertz CT molecular complexity index is 644. The topological polar surface area (TPSA) is 41.5 Å². The van der Waals surface area contributed by atoms with Crippen LogP contribution in [0.3, 0.4) is 0 Å². The maximum atomic E-state index is 13.1. The number of halogens is 1. The zero-order valence-corrected chi connectivity index (χ0v) is 11.8. The Balaban J connectivity index is 1.81. The van der Waals surface area contributed by atoms with E-state index in [1.54, 1.807) is 6.07 Å². The Hall–Kier alpha value is -2.07. The van der Waals surface area contributed by atoms with Gasteiger partial charge in [0, 0.05) is 35.7 Å². The highest BCUT2D eigenvalue weighted by molar-refractivity contribution is 5.39. The van der Waals surface area contributed by atoms with E-state index in [1.807, 2.05) is 31.2 Å². The van der Waals surface area contributed by atoms with Crippen molar-refractivity contribution in [1.29, 1.82) is 0 Å². The molecule has 0 radical (unpaired) electrons. The molecular formula is C17H18FNO2. The van der Waals surface area contributed by atoms with Crippen molar-refractivity contribution in [3.05, 3.63) is 59.4 Å². The normalized spacial score (nSPS) is 18.7. The maximum Gasteiger partial charge on any atom is 0.126 e. The van der Waals surface area contributed by atoms with E-state index in [9.17, 15) is 9.50 Å². The van der Waals surface area contributed by atoms with E-state index in [-0.39, 0.29) is 17.8 Å². The summed E-state index contributed by atoms with van der Waals surface area (Å²) in [6, 6.07) is 12.2. The van der Waals surface area contributed by atoms with Crippen LogP contribution in [0.25, 0.3) is 0 Å². The lowest BCUT2D eigenvalue weighted by Crippen LogP contribution is -2.29. The first kappa shape index (κ1) is 13.9. The standard InChI is InChI=1S/C17H18FNO2/c1-11(13-7-6-12(18)10-16(13)20)19-15-8-9-21-17-5-3-2-4-14(15)17/h2-7,10-11,15,19-20H,8-9H2,1H3. The molecule has 0 aromatic heterocycles. The van der Waals surface area contributed by atoms with Gasteiger partial charge in [-0.15, -0.1) is 0 Å². The number of phenols is 1. The first-order chi connectivity index (χ1) is 10.1. The Morgan fingerprint density at radius 3 is 2.90 bits per heavy atom. The predicted octanol–water partition coefficient (Wildman–Crippen LogP) is 3.71. The highest BCUT2D eigenvalue weighted by atomic mass is 19.1. The number of phenolic OH excluding ortho intramolecular Hbond substituents is 1. The molecule has 2 aromatic rings. The molecule has 4 heteroatoms. The minimum Gasteiger partial charge on any atom is -0.508 e. The lowest BCUT2D eigenvalue weighted by Gasteiger charge is -2.29. The van der Waals surface area contributed by atoms with Crippen LogP contribution in [0.1, 0.15) is 36.6 Å². The van der Waals surface area contributed by atoms with Crippen LogP contribution in [-0.2, 0) is 0 Å². The lowest BCUT2D eigenvalue weighted by molar-refractivity contribution is 0.245. The average molecular weight is 287 g/mol. The molecule has 0 fully saturated rings. The second-order valence-corrected chi connectivity index (χ2v) is 5.32. The summed E-state index contributed by atoms with van der Waals surface area (Å²) in [6.45, 7) is 2.63. The van der Waals surface area contributed by atoms with Crippen molar-refractivity contribution >= 4 is 0 Å². The van der Waals surface area contributed by atoms with Gasteiger partial charge in [-0.25, -0.2) is 4.39 Å². The van der Waals surface area contributed by atoms with Gasteiger partial charge in [0.05, 0.1) is 6.61 Å². The van der Waals surface area contributed by atoms with Crippen molar-refractivity contribution < 1.29 is 14.2 Å². The predicted molar refractivity (Wildman–Crippen MR) is 78.9 cm³/mol. The van der Waals surface area contributed by atoms with E-state index >= 15 is 0 Å². The number of aromatic hydroxyl groups is 1. The molecule has 2 aromatic carbocycles. The molecule has 0 amide bonds. The summed E-state index contributed by atoms with van der Waals surface area (Å²) in [7, 11) is 0. The average Bonchev–Trinajstić information content (AvgIpc) is 2.47. The second kappa shape index (κ2) is 5.74. The number of para-hydroxylation sites is 1. The third-order valence-corrected chi connectivity index (χ3v) is 3.87. The summed E-state index contributed by atoms with van der Waals surface area (Å²) in [5.74, 6) is 0.451. The highest BCUT2D eigenvalue weighted by Gasteiger charge is 2.23. The number of ether oxygens (including phenoxy) is 1. The van der Waals surface area contributed by atoms with Gasteiger partial charge in [0.15, 0.2) is 0 Å². The number of benzene rings is 2. The fraction of sp³-hybridized carbons (Fsp3) is 0.294. The van der Waals surface area contributed by atoms with Gasteiger partial charge < -0.3 is 15.2 Å². The second-order valence-electron chi connectivity index (χ2n) is 5.32. The van der Waals surface area contributed by atoms with Gasteiger partial charge in [-0.1, -0.05) is 24.3 Å². The van der Waals surface area contributed by atoms with Crippen molar-refractivity contribution in [3.8, 4) is 11.5 Å². The van der Waals surface area contributed by atoms with Crippen molar-refractivity contribution in [2.24, 2.45) is 0 Å². The fourth-order valence-electron chi connectivity index (χ4n) is 2.79. The third-order valence-electron chi connectivity index (χ3n) is 3.87. The van der Waals surface area contributed by atoms with E-state index in [4.69, 9.17) is 4.74 Å². The van der Waals surface area contributed by atoms with Crippen LogP contribution < -0.4 is 10.1 Å². The molecule has 21 heavy (non-hydrogen) atoms. The first-order valence-electron chi connectivity index (χ1n) is 7.11. The van der Waals surface area contributed by atoms with Crippen molar-refractivity contribution in [1.82, 2.24) is 5.32 Å². The Kier molecular flexibility index (Phi) is 3.80. The maximum absolute atomic E-state index is 13.1. The zero-order chi connectivity index (χ0) is 14.8. The Labute approximate surface area is 123 Å². The molecular weight excluding hydrogens is 269 g/mol. The largest absolute Gasteiger partial charge is 0.508 e. The molecule has 3 rings (SSSR count). The van der Waals surface area contributed by atoms with E-state index in [2.05, 4.69) is 5.32 Å². The van der Waals surface area contributed by atoms with Gasteiger partial charge in [0.25, 0.3) is 0 Å². The van der Waals surface area contributed by atoms with Gasteiger partial charge in [0.2, 0.25) is 0 Å². The number of rotatable bonds is 3. The van der Waals surface area contributed by atoms with Crippen LogP contribution in [0, 0.1) is 5.82 Å². The zero-order valence-electron chi connectivity index (χ0n) is 11.8. The van der Waals surface area contributed by atoms with Gasteiger partial charge in [-0.3, -0.25) is 0 Å². The number of nitrogens with one attached hydrogen (secondary N) is 1. The van der Waals surface area contributed by atoms with Crippen LogP contribution in [0.2, 0.25) is 0 Å². The molecule has 2 N–H and O–H groups in total. The van der Waals surface area contributed by atoms with E-state index in [0.29, 0.717) is 12.2 Å². The SMILES string of the molecule is CC(NC1CCOc2ccccc21)c1ccc(F)cc1O. The summed E-state index contributed by atoms with van der Waals surface area (Å²) >= 11 is 0. The monoisotopic (exact) mass is 287 g/mol.